The van der Waals surface area contributed by atoms with E-state index < -0.39 is 13.0 Å². The minimum absolute atomic E-state index is 0.173. The van der Waals surface area contributed by atoms with Crippen LogP contribution >= 0.6 is 7.37 Å². The fourth-order valence-electron chi connectivity index (χ4n) is 1.84. The Labute approximate surface area is 109 Å². The summed E-state index contributed by atoms with van der Waals surface area (Å²) in [6.45, 7) is 1.67. The maximum Gasteiger partial charge on any atom is 0.203 e. The maximum atomic E-state index is 11.9. The average molecular weight is 268 g/mol. The zero-order chi connectivity index (χ0) is 13.4. The third-order valence-corrected chi connectivity index (χ3v) is 5.71. The number of aryl methyl sites for hydroxylation is 1. The summed E-state index contributed by atoms with van der Waals surface area (Å²) >= 11 is 0. The predicted molar refractivity (Wildman–Crippen MR) is 74.2 cm³/mol. The lowest BCUT2D eigenvalue weighted by Gasteiger charge is -2.17. The first-order chi connectivity index (χ1) is 8.56. The SMILES string of the molecule is CC(CC=O)P(=O)(O)CCCCc1ccccc1. The first-order valence-electron chi connectivity index (χ1n) is 6.35. The summed E-state index contributed by atoms with van der Waals surface area (Å²) in [4.78, 5) is 20.2. The molecule has 0 heterocycles. The van der Waals surface area contributed by atoms with Crippen molar-refractivity contribution in [2.24, 2.45) is 0 Å². The van der Waals surface area contributed by atoms with Crippen LogP contribution in [0.25, 0.3) is 0 Å². The fraction of sp³-hybridized carbons (Fsp3) is 0.500. The van der Waals surface area contributed by atoms with Crippen LogP contribution < -0.4 is 0 Å². The van der Waals surface area contributed by atoms with Crippen molar-refractivity contribution in [2.45, 2.75) is 38.3 Å². The van der Waals surface area contributed by atoms with Crippen molar-refractivity contribution in [3.63, 3.8) is 0 Å². The van der Waals surface area contributed by atoms with Crippen LogP contribution in [-0.4, -0.2) is 23.0 Å². The highest BCUT2D eigenvalue weighted by Gasteiger charge is 2.25. The van der Waals surface area contributed by atoms with Gasteiger partial charge in [0, 0.05) is 18.2 Å². The second-order valence-electron chi connectivity index (χ2n) is 4.67. The molecule has 1 aromatic rings. The van der Waals surface area contributed by atoms with Gasteiger partial charge in [-0.25, -0.2) is 0 Å². The van der Waals surface area contributed by atoms with Gasteiger partial charge >= 0.3 is 0 Å². The first kappa shape index (κ1) is 15.1. The number of carbonyl (C=O) groups is 1. The monoisotopic (exact) mass is 268 g/mol. The molecule has 0 bridgehead atoms. The van der Waals surface area contributed by atoms with Crippen molar-refractivity contribution in [3.05, 3.63) is 35.9 Å². The molecule has 0 fully saturated rings. The number of carbonyl (C=O) groups excluding carboxylic acids is 1. The van der Waals surface area contributed by atoms with E-state index in [9.17, 15) is 14.3 Å². The molecule has 0 spiro atoms. The molecule has 0 saturated heterocycles. The van der Waals surface area contributed by atoms with Crippen molar-refractivity contribution in [3.8, 4) is 0 Å². The maximum absolute atomic E-state index is 11.9. The molecule has 0 saturated carbocycles. The van der Waals surface area contributed by atoms with Crippen LogP contribution in [-0.2, 0) is 15.8 Å². The Kier molecular flexibility index (Phi) is 6.31. The van der Waals surface area contributed by atoms with Crippen molar-refractivity contribution >= 4 is 13.7 Å². The van der Waals surface area contributed by atoms with Gasteiger partial charge in [-0.1, -0.05) is 37.3 Å². The Morgan fingerprint density at radius 2 is 1.94 bits per heavy atom. The fourth-order valence-corrected chi connectivity index (χ4v) is 3.37. The minimum atomic E-state index is -3.15. The topological polar surface area (TPSA) is 54.4 Å². The molecule has 0 amide bonds. The molecule has 100 valence electrons. The number of hydrogen-bond acceptors (Lipinski definition) is 2. The molecule has 4 heteroatoms. The highest BCUT2D eigenvalue weighted by Crippen LogP contribution is 2.47. The molecule has 18 heavy (non-hydrogen) atoms. The van der Waals surface area contributed by atoms with E-state index in [1.165, 1.54) is 5.56 Å². The van der Waals surface area contributed by atoms with Crippen LogP contribution in [0.5, 0.6) is 0 Å². The number of unbranched alkanes of at least 4 members (excludes halogenated alkanes) is 1. The molecule has 0 aromatic heterocycles. The molecule has 2 atom stereocenters. The van der Waals surface area contributed by atoms with Gasteiger partial charge in [0.25, 0.3) is 0 Å². The zero-order valence-electron chi connectivity index (χ0n) is 10.8. The molecule has 1 N–H and O–H groups in total. The molecule has 1 aromatic carbocycles. The summed E-state index contributed by atoms with van der Waals surface area (Å²) in [5, 5.41) is 0. The van der Waals surface area contributed by atoms with Gasteiger partial charge in [-0.3, -0.25) is 4.57 Å². The van der Waals surface area contributed by atoms with Crippen LogP contribution in [0.1, 0.15) is 31.7 Å². The van der Waals surface area contributed by atoms with E-state index in [1.54, 1.807) is 6.92 Å². The quantitative estimate of drug-likeness (QED) is 0.447. The second kappa shape index (κ2) is 7.50. The second-order valence-corrected chi connectivity index (χ2v) is 7.51. The highest BCUT2D eigenvalue weighted by molar-refractivity contribution is 7.58. The lowest BCUT2D eigenvalue weighted by atomic mass is 10.1. The summed E-state index contributed by atoms with van der Waals surface area (Å²) in [6.07, 6.45) is 3.77. The van der Waals surface area contributed by atoms with Gasteiger partial charge in [-0.15, -0.1) is 0 Å². The van der Waals surface area contributed by atoms with E-state index in [2.05, 4.69) is 12.1 Å². The van der Waals surface area contributed by atoms with E-state index in [4.69, 9.17) is 0 Å². The van der Waals surface area contributed by atoms with Gasteiger partial charge < -0.3 is 9.69 Å². The lowest BCUT2D eigenvalue weighted by molar-refractivity contribution is -0.107. The largest absolute Gasteiger partial charge is 0.344 e. The summed E-state index contributed by atoms with van der Waals surface area (Å²) in [5.41, 5.74) is 0.845. The Balaban J connectivity index is 2.29. The third kappa shape index (κ3) is 5.16. The van der Waals surface area contributed by atoms with Gasteiger partial charge in [-0.2, -0.15) is 0 Å². The molecule has 0 aliphatic carbocycles. The van der Waals surface area contributed by atoms with Gasteiger partial charge in [0.15, 0.2) is 0 Å². The van der Waals surface area contributed by atoms with Gasteiger partial charge in [0.1, 0.15) is 6.29 Å². The number of hydrogen-bond donors (Lipinski definition) is 1. The standard InChI is InChI=1S/C14H21O3P/c1-13(10-11-15)18(16,17)12-6-5-9-14-7-3-2-4-8-14/h2-4,7-8,11,13H,5-6,9-10,12H2,1H3,(H,16,17). The average Bonchev–Trinajstić information content (AvgIpc) is 2.36. The molecule has 2 unspecified atom stereocenters. The summed E-state index contributed by atoms with van der Waals surface area (Å²) in [7, 11) is -3.15. The van der Waals surface area contributed by atoms with Crippen molar-refractivity contribution in [1.82, 2.24) is 0 Å². The molecular weight excluding hydrogens is 247 g/mol. The Morgan fingerprint density at radius 1 is 1.28 bits per heavy atom. The summed E-state index contributed by atoms with van der Waals surface area (Å²) < 4.78 is 11.9. The number of rotatable bonds is 8. The third-order valence-electron chi connectivity index (χ3n) is 3.16. The molecule has 3 nitrogen and oxygen atoms in total. The molecule has 0 radical (unpaired) electrons. The number of aldehydes is 1. The molecular formula is C14H21O3P. The van der Waals surface area contributed by atoms with Crippen LogP contribution in [0.3, 0.4) is 0 Å². The highest BCUT2D eigenvalue weighted by atomic mass is 31.2. The van der Waals surface area contributed by atoms with Crippen LogP contribution in [0, 0.1) is 0 Å². The van der Waals surface area contributed by atoms with Crippen molar-refractivity contribution < 1.29 is 14.3 Å². The number of benzene rings is 1. The van der Waals surface area contributed by atoms with Crippen molar-refractivity contribution in [1.29, 1.82) is 0 Å². The van der Waals surface area contributed by atoms with E-state index >= 15 is 0 Å². The first-order valence-corrected chi connectivity index (χ1v) is 8.26. The zero-order valence-corrected chi connectivity index (χ0v) is 11.7. The van der Waals surface area contributed by atoms with Gasteiger partial charge in [0.05, 0.1) is 0 Å². The van der Waals surface area contributed by atoms with Crippen LogP contribution in [0.4, 0.5) is 0 Å². The molecule has 0 aliphatic rings. The van der Waals surface area contributed by atoms with E-state index in [0.717, 1.165) is 25.5 Å². The molecule has 0 aliphatic heterocycles. The van der Waals surface area contributed by atoms with Crippen molar-refractivity contribution in [2.75, 3.05) is 6.16 Å². The van der Waals surface area contributed by atoms with E-state index in [-0.39, 0.29) is 6.42 Å². The van der Waals surface area contributed by atoms with Gasteiger partial charge in [-0.05, 0) is 24.8 Å². The Bertz CT molecular complexity index is 403. The predicted octanol–water partition coefficient (Wildman–Crippen LogP) is 3.26. The van der Waals surface area contributed by atoms with Crippen LogP contribution in [0.15, 0.2) is 30.3 Å². The van der Waals surface area contributed by atoms with E-state index in [1.807, 2.05) is 18.2 Å². The summed E-state index contributed by atoms with van der Waals surface area (Å²) in [6, 6.07) is 10.1. The Hall–Kier alpha value is -0.920. The summed E-state index contributed by atoms with van der Waals surface area (Å²) in [5.74, 6) is 0. The smallest absolute Gasteiger partial charge is 0.203 e. The minimum Gasteiger partial charge on any atom is -0.344 e. The van der Waals surface area contributed by atoms with Gasteiger partial charge in [0.2, 0.25) is 7.37 Å². The normalized spacial score (nSPS) is 15.9. The molecule has 1 rings (SSSR count). The lowest BCUT2D eigenvalue weighted by Crippen LogP contribution is -2.07. The van der Waals surface area contributed by atoms with E-state index in [0.29, 0.717) is 6.16 Å². The Morgan fingerprint density at radius 3 is 2.56 bits per heavy atom. The van der Waals surface area contributed by atoms with Crippen LogP contribution in [0.2, 0.25) is 0 Å².